The molecule has 10 heteroatoms. The number of fused-ring (bicyclic) bond motifs is 1. The highest BCUT2D eigenvalue weighted by Gasteiger charge is 2.39. The Hall–Kier alpha value is -2.75. The first-order valence-corrected chi connectivity index (χ1v) is 11.6. The third-order valence-electron chi connectivity index (χ3n) is 5.28. The highest BCUT2D eigenvalue weighted by molar-refractivity contribution is 7.89. The maximum Gasteiger partial charge on any atom is 0.363 e. The molecule has 0 aliphatic carbocycles. The quantitative estimate of drug-likeness (QED) is 0.646. The molecule has 162 valence electrons. The summed E-state index contributed by atoms with van der Waals surface area (Å²) >= 11 is 6.15. The number of carbonyl (C=O) groups is 3. The lowest BCUT2D eigenvalue weighted by molar-refractivity contribution is -0.0584. The molecule has 2 heterocycles. The molecule has 0 spiro atoms. The summed E-state index contributed by atoms with van der Waals surface area (Å²) in [5.74, 6) is -2.57. The van der Waals surface area contributed by atoms with Crippen molar-refractivity contribution in [1.29, 1.82) is 0 Å². The highest BCUT2D eigenvalue weighted by Crippen LogP contribution is 2.29. The number of rotatable bonds is 4. The molecule has 8 nitrogen and oxygen atoms in total. The van der Waals surface area contributed by atoms with Gasteiger partial charge in [0.05, 0.1) is 21.7 Å². The van der Waals surface area contributed by atoms with Gasteiger partial charge in [-0.3, -0.25) is 9.59 Å². The number of imide groups is 1. The van der Waals surface area contributed by atoms with Crippen molar-refractivity contribution in [2.24, 2.45) is 0 Å². The predicted octanol–water partition coefficient (Wildman–Crippen LogP) is 3.27. The van der Waals surface area contributed by atoms with E-state index in [2.05, 4.69) is 0 Å². The van der Waals surface area contributed by atoms with Crippen molar-refractivity contribution in [3.63, 3.8) is 0 Å². The van der Waals surface area contributed by atoms with E-state index in [0.717, 1.165) is 31.7 Å². The minimum Gasteiger partial charge on any atom is -0.324 e. The van der Waals surface area contributed by atoms with E-state index < -0.39 is 27.8 Å². The van der Waals surface area contributed by atoms with Crippen molar-refractivity contribution < 1.29 is 27.6 Å². The maximum atomic E-state index is 13.1. The Labute approximate surface area is 184 Å². The van der Waals surface area contributed by atoms with Gasteiger partial charge in [0.25, 0.3) is 11.8 Å². The minimum absolute atomic E-state index is 0.0264. The average molecular weight is 463 g/mol. The molecule has 31 heavy (non-hydrogen) atoms. The molecule has 2 aliphatic heterocycles. The standard InChI is InChI=1S/C21H19ClN2O6S/c22-17-10-9-14(13-18(17)31(28,29)23-11-5-1-2-6-12-23)21(27)30-24-19(25)15-7-3-4-8-16(15)20(24)26/h3-4,7-10,13H,1-2,5-6,11-12H2. The topological polar surface area (TPSA) is 101 Å². The van der Waals surface area contributed by atoms with Crippen LogP contribution in [-0.2, 0) is 14.9 Å². The molecule has 0 N–H and O–H groups in total. The lowest BCUT2D eigenvalue weighted by Gasteiger charge is -2.21. The first-order valence-electron chi connectivity index (χ1n) is 9.80. The SMILES string of the molecule is O=C(ON1C(=O)c2ccccc2C1=O)c1ccc(Cl)c(S(=O)(=O)N2CCCCCC2)c1. The van der Waals surface area contributed by atoms with Gasteiger partial charge in [0.15, 0.2) is 0 Å². The van der Waals surface area contributed by atoms with Gasteiger partial charge in [0.2, 0.25) is 10.0 Å². The molecule has 2 aliphatic rings. The fourth-order valence-electron chi connectivity index (χ4n) is 3.63. The van der Waals surface area contributed by atoms with Crippen LogP contribution in [0.25, 0.3) is 0 Å². The third-order valence-corrected chi connectivity index (χ3v) is 7.66. The number of hydroxylamine groups is 2. The molecule has 2 aromatic carbocycles. The highest BCUT2D eigenvalue weighted by atomic mass is 35.5. The second-order valence-electron chi connectivity index (χ2n) is 7.29. The summed E-state index contributed by atoms with van der Waals surface area (Å²) in [7, 11) is -3.92. The van der Waals surface area contributed by atoms with Gasteiger partial charge in [-0.2, -0.15) is 4.31 Å². The molecule has 0 atom stereocenters. The Morgan fingerprint density at radius 1 is 0.903 bits per heavy atom. The number of benzene rings is 2. The van der Waals surface area contributed by atoms with E-state index in [0.29, 0.717) is 18.2 Å². The first-order chi connectivity index (χ1) is 14.8. The van der Waals surface area contributed by atoms with Gasteiger partial charge in [0.1, 0.15) is 4.90 Å². The minimum atomic E-state index is -3.92. The van der Waals surface area contributed by atoms with Crippen LogP contribution in [0.1, 0.15) is 56.8 Å². The Bertz CT molecular complexity index is 1140. The fraction of sp³-hybridized carbons (Fsp3) is 0.286. The van der Waals surface area contributed by atoms with Gasteiger partial charge in [0, 0.05) is 13.1 Å². The molecule has 0 unspecified atom stereocenters. The summed E-state index contributed by atoms with van der Waals surface area (Å²) in [5.41, 5.74) is 0.107. The van der Waals surface area contributed by atoms with Crippen molar-refractivity contribution in [2.75, 3.05) is 13.1 Å². The van der Waals surface area contributed by atoms with Crippen molar-refractivity contribution in [2.45, 2.75) is 30.6 Å². The van der Waals surface area contributed by atoms with E-state index in [1.165, 1.54) is 28.6 Å². The zero-order valence-corrected chi connectivity index (χ0v) is 18.0. The summed E-state index contributed by atoms with van der Waals surface area (Å²) in [6, 6.07) is 9.77. The number of carbonyl (C=O) groups excluding carboxylic acids is 3. The van der Waals surface area contributed by atoms with Crippen molar-refractivity contribution in [3.8, 4) is 0 Å². The summed E-state index contributed by atoms with van der Waals surface area (Å²) < 4.78 is 27.6. The molecule has 2 aromatic rings. The van der Waals surface area contributed by atoms with E-state index in [1.807, 2.05) is 0 Å². The number of sulfonamides is 1. The van der Waals surface area contributed by atoms with Crippen LogP contribution >= 0.6 is 11.6 Å². The molecule has 2 amide bonds. The average Bonchev–Trinajstić information content (AvgIpc) is 2.96. The number of halogens is 1. The largest absolute Gasteiger partial charge is 0.363 e. The molecular formula is C21H19ClN2O6S. The van der Waals surface area contributed by atoms with Crippen LogP contribution in [0.15, 0.2) is 47.4 Å². The summed E-state index contributed by atoms with van der Waals surface area (Å²) in [6.07, 6.45) is 3.40. The third kappa shape index (κ3) is 3.96. The Kier molecular flexibility index (Phi) is 5.83. The Balaban J connectivity index is 1.59. The van der Waals surface area contributed by atoms with Crippen molar-refractivity contribution in [1.82, 2.24) is 9.37 Å². The van der Waals surface area contributed by atoms with Crippen LogP contribution in [0, 0.1) is 0 Å². The number of hydrogen-bond donors (Lipinski definition) is 0. The number of amides is 2. The van der Waals surface area contributed by atoms with E-state index in [9.17, 15) is 22.8 Å². The lowest BCUT2D eigenvalue weighted by atomic mass is 10.1. The van der Waals surface area contributed by atoms with Crippen molar-refractivity contribution >= 4 is 39.4 Å². The zero-order chi connectivity index (χ0) is 22.2. The molecule has 0 bridgehead atoms. The van der Waals surface area contributed by atoms with Crippen LogP contribution in [0.5, 0.6) is 0 Å². The van der Waals surface area contributed by atoms with Gasteiger partial charge in [-0.05, 0) is 43.2 Å². The molecule has 0 radical (unpaired) electrons. The van der Waals surface area contributed by atoms with Gasteiger partial charge in [-0.1, -0.05) is 41.6 Å². The zero-order valence-electron chi connectivity index (χ0n) is 16.4. The summed E-state index contributed by atoms with van der Waals surface area (Å²) in [5, 5.41) is 0.353. The van der Waals surface area contributed by atoms with Crippen LogP contribution in [-0.4, -0.2) is 48.7 Å². The fourth-order valence-corrected chi connectivity index (χ4v) is 5.65. The molecule has 0 aromatic heterocycles. The normalized spacial score (nSPS) is 17.4. The number of hydrogen-bond acceptors (Lipinski definition) is 6. The molecule has 4 rings (SSSR count). The van der Waals surface area contributed by atoms with Gasteiger partial charge < -0.3 is 4.84 Å². The van der Waals surface area contributed by atoms with Crippen LogP contribution in [0.2, 0.25) is 5.02 Å². The van der Waals surface area contributed by atoms with Gasteiger partial charge >= 0.3 is 5.97 Å². The number of nitrogens with zero attached hydrogens (tertiary/aromatic N) is 2. The van der Waals surface area contributed by atoms with Crippen LogP contribution in [0.3, 0.4) is 0 Å². The van der Waals surface area contributed by atoms with Crippen LogP contribution in [0.4, 0.5) is 0 Å². The second-order valence-corrected chi connectivity index (χ2v) is 9.61. The van der Waals surface area contributed by atoms with E-state index in [4.69, 9.17) is 16.4 Å². The van der Waals surface area contributed by atoms with E-state index in [1.54, 1.807) is 12.1 Å². The van der Waals surface area contributed by atoms with Crippen LogP contribution < -0.4 is 0 Å². The van der Waals surface area contributed by atoms with E-state index in [-0.39, 0.29) is 26.6 Å². The molecule has 1 saturated heterocycles. The summed E-state index contributed by atoms with van der Waals surface area (Å²) in [4.78, 5) is 42.2. The molecular weight excluding hydrogens is 444 g/mol. The van der Waals surface area contributed by atoms with Crippen molar-refractivity contribution in [3.05, 3.63) is 64.2 Å². The predicted molar refractivity (Wildman–Crippen MR) is 111 cm³/mol. The Morgan fingerprint density at radius 2 is 1.48 bits per heavy atom. The van der Waals surface area contributed by atoms with E-state index >= 15 is 0 Å². The smallest absolute Gasteiger partial charge is 0.324 e. The molecule has 0 saturated carbocycles. The lowest BCUT2D eigenvalue weighted by Crippen LogP contribution is -2.33. The summed E-state index contributed by atoms with van der Waals surface area (Å²) in [6.45, 7) is 0.755. The van der Waals surface area contributed by atoms with Gasteiger partial charge in [-0.25, -0.2) is 13.2 Å². The first kappa shape index (κ1) is 21.5. The monoisotopic (exact) mass is 462 g/mol. The maximum absolute atomic E-state index is 13.1. The van der Waals surface area contributed by atoms with Gasteiger partial charge in [-0.15, -0.1) is 0 Å². The molecule has 1 fully saturated rings. The second kappa shape index (κ2) is 8.41. The Morgan fingerprint density at radius 3 is 2.06 bits per heavy atom.